The van der Waals surface area contributed by atoms with E-state index in [1.165, 1.54) is 0 Å². The van der Waals surface area contributed by atoms with E-state index in [0.717, 1.165) is 45.8 Å². The summed E-state index contributed by atoms with van der Waals surface area (Å²) in [7, 11) is 0.251. The van der Waals surface area contributed by atoms with Gasteiger partial charge < -0.3 is 14.5 Å². The van der Waals surface area contributed by atoms with E-state index in [1.54, 1.807) is 13.3 Å². The first-order chi connectivity index (χ1) is 14.7. The van der Waals surface area contributed by atoms with Gasteiger partial charge >= 0.3 is 0 Å². The van der Waals surface area contributed by atoms with Crippen molar-refractivity contribution in [2.24, 2.45) is 0 Å². The molecule has 0 radical (unpaired) electrons. The number of nitrogens with one attached hydrogen (secondary N) is 1. The third-order valence-electron chi connectivity index (χ3n) is 4.84. The Morgan fingerprint density at radius 3 is 2.70 bits per heavy atom. The lowest BCUT2D eigenvalue weighted by molar-refractivity contribution is 0.302. The van der Waals surface area contributed by atoms with Gasteiger partial charge in [-0.05, 0) is 30.2 Å². The highest BCUT2D eigenvalue weighted by atomic mass is 32.2. The van der Waals surface area contributed by atoms with Crippen molar-refractivity contribution in [2.45, 2.75) is 30.9 Å². The second-order valence-corrected chi connectivity index (χ2v) is 8.14. The summed E-state index contributed by atoms with van der Waals surface area (Å²) in [6.45, 7) is 2.53. The van der Waals surface area contributed by atoms with E-state index in [0.29, 0.717) is 11.8 Å². The summed E-state index contributed by atoms with van der Waals surface area (Å²) in [5.41, 5.74) is 4.38. The van der Waals surface area contributed by atoms with Crippen LogP contribution >= 0.6 is 0 Å². The van der Waals surface area contributed by atoms with Crippen LogP contribution in [0.15, 0.2) is 66.0 Å². The normalized spacial score (nSPS) is 12.1. The third-order valence-corrected chi connectivity index (χ3v) is 6.00. The maximum atomic E-state index is 13.0. The molecule has 0 aliphatic carbocycles. The first-order valence-corrected chi connectivity index (χ1v) is 11.1. The molecule has 0 saturated heterocycles. The number of aromatic amines is 1. The number of nitrogens with zero attached hydrogens (tertiary/aromatic N) is 2. The average Bonchev–Trinajstić information content (AvgIpc) is 3.22. The molecule has 30 heavy (non-hydrogen) atoms. The summed E-state index contributed by atoms with van der Waals surface area (Å²) >= 11 is 0. The number of hydrogen-bond acceptors (Lipinski definition) is 5. The zero-order chi connectivity index (χ0) is 20.9. The fraction of sp³-hybridized carbons (Fsp3) is 0.217. The minimum absolute atomic E-state index is 0.267. The summed E-state index contributed by atoms with van der Waals surface area (Å²) < 4.78 is 24.3. The molecule has 0 aliphatic heterocycles. The van der Waals surface area contributed by atoms with Crippen LogP contribution < -0.4 is 9.47 Å². The van der Waals surface area contributed by atoms with Gasteiger partial charge in [0.1, 0.15) is 18.1 Å². The molecule has 7 heteroatoms. The van der Waals surface area contributed by atoms with Crippen LogP contribution in [0.1, 0.15) is 23.7 Å². The van der Waals surface area contributed by atoms with Gasteiger partial charge in [0, 0.05) is 17.8 Å². The fourth-order valence-corrected chi connectivity index (χ4v) is 4.34. The van der Waals surface area contributed by atoms with Crippen molar-refractivity contribution < 1.29 is 13.7 Å². The van der Waals surface area contributed by atoms with Gasteiger partial charge in [-0.25, -0.2) is 4.98 Å². The predicted octanol–water partition coefficient (Wildman–Crippen LogP) is 4.42. The highest BCUT2D eigenvalue weighted by molar-refractivity contribution is 7.84. The molecule has 2 aromatic heterocycles. The van der Waals surface area contributed by atoms with Gasteiger partial charge in [0.15, 0.2) is 5.16 Å². The van der Waals surface area contributed by atoms with Gasteiger partial charge in [-0.15, -0.1) is 0 Å². The quantitative estimate of drug-likeness (QED) is 0.456. The van der Waals surface area contributed by atoms with Crippen LogP contribution in [0.25, 0.3) is 11.0 Å². The number of pyridine rings is 1. The topological polar surface area (TPSA) is 77.1 Å². The molecule has 0 saturated carbocycles. The second-order valence-electron chi connectivity index (χ2n) is 6.78. The van der Waals surface area contributed by atoms with Crippen molar-refractivity contribution >= 4 is 21.8 Å². The smallest absolute Gasteiger partial charge is 0.197 e. The molecule has 4 aromatic rings. The second kappa shape index (κ2) is 9.09. The van der Waals surface area contributed by atoms with E-state index in [2.05, 4.69) is 15.0 Å². The Labute approximate surface area is 177 Å². The minimum atomic E-state index is -1.36. The molecular weight excluding hydrogens is 398 g/mol. The Morgan fingerprint density at radius 2 is 1.93 bits per heavy atom. The molecule has 2 aromatic carbocycles. The van der Waals surface area contributed by atoms with Crippen molar-refractivity contribution in [2.75, 3.05) is 7.11 Å². The van der Waals surface area contributed by atoms with Gasteiger partial charge in [0.05, 0.1) is 40.4 Å². The molecular formula is C23H23N3O3S. The SMILES string of the molecule is CCc1c(OCc2ccccc2)ccnc1CS(=O)c1nc2ccc(OC)cc2[nH]1. The van der Waals surface area contributed by atoms with Gasteiger partial charge in [-0.3, -0.25) is 9.19 Å². The zero-order valence-corrected chi connectivity index (χ0v) is 17.7. The predicted molar refractivity (Wildman–Crippen MR) is 117 cm³/mol. The molecule has 6 nitrogen and oxygen atoms in total. The summed E-state index contributed by atoms with van der Waals surface area (Å²) in [5.74, 6) is 1.77. The summed E-state index contributed by atoms with van der Waals surface area (Å²) in [6.07, 6.45) is 2.44. The highest BCUT2D eigenvalue weighted by Crippen LogP contribution is 2.25. The molecule has 0 bridgehead atoms. The molecule has 0 fully saturated rings. The average molecular weight is 422 g/mol. The van der Waals surface area contributed by atoms with Gasteiger partial charge in [-0.2, -0.15) is 0 Å². The standard InChI is InChI=1S/C23H23N3O3S/c1-3-18-21(24-12-11-22(18)29-14-16-7-5-4-6-8-16)15-30(27)23-25-19-10-9-17(28-2)13-20(19)26-23/h4-13H,3,14-15H2,1-2H3,(H,25,26). The molecule has 1 N–H and O–H groups in total. The van der Waals surface area contributed by atoms with Crippen molar-refractivity contribution in [3.63, 3.8) is 0 Å². The van der Waals surface area contributed by atoms with Gasteiger partial charge in [0.2, 0.25) is 0 Å². The van der Waals surface area contributed by atoms with E-state index in [4.69, 9.17) is 9.47 Å². The Balaban J connectivity index is 1.54. The van der Waals surface area contributed by atoms with Crippen LogP contribution in [0.3, 0.4) is 0 Å². The summed E-state index contributed by atoms with van der Waals surface area (Å²) in [4.78, 5) is 12.1. The van der Waals surface area contributed by atoms with Crippen LogP contribution in [-0.2, 0) is 29.6 Å². The summed E-state index contributed by atoms with van der Waals surface area (Å²) in [6, 6.07) is 17.4. The van der Waals surface area contributed by atoms with Crippen LogP contribution in [0.4, 0.5) is 0 Å². The number of H-pyrrole nitrogens is 1. The van der Waals surface area contributed by atoms with Gasteiger partial charge in [0.25, 0.3) is 0 Å². The number of rotatable bonds is 8. The number of imidazole rings is 1. The van der Waals surface area contributed by atoms with E-state index >= 15 is 0 Å². The molecule has 1 atom stereocenters. The minimum Gasteiger partial charge on any atom is -0.497 e. The van der Waals surface area contributed by atoms with Gasteiger partial charge in [-0.1, -0.05) is 37.3 Å². The van der Waals surface area contributed by atoms with E-state index in [1.807, 2.05) is 61.5 Å². The van der Waals surface area contributed by atoms with Crippen molar-refractivity contribution in [1.82, 2.24) is 15.0 Å². The third kappa shape index (κ3) is 4.36. The molecule has 4 rings (SSSR count). The van der Waals surface area contributed by atoms with Crippen LogP contribution in [0, 0.1) is 0 Å². The highest BCUT2D eigenvalue weighted by Gasteiger charge is 2.16. The molecule has 1 unspecified atom stereocenters. The first-order valence-electron chi connectivity index (χ1n) is 9.73. The Kier molecular flexibility index (Phi) is 6.09. The Hall–Kier alpha value is -3.19. The molecule has 0 spiro atoms. The van der Waals surface area contributed by atoms with Crippen molar-refractivity contribution in [3.8, 4) is 11.5 Å². The lowest BCUT2D eigenvalue weighted by Crippen LogP contribution is -2.07. The molecule has 0 aliphatic rings. The van der Waals surface area contributed by atoms with E-state index < -0.39 is 10.8 Å². The number of methoxy groups -OCH3 is 1. The Morgan fingerprint density at radius 1 is 1.10 bits per heavy atom. The molecule has 0 amide bonds. The van der Waals surface area contributed by atoms with Crippen LogP contribution in [0.2, 0.25) is 0 Å². The van der Waals surface area contributed by atoms with Crippen molar-refractivity contribution in [1.29, 1.82) is 0 Å². The monoisotopic (exact) mass is 421 g/mol. The maximum absolute atomic E-state index is 13.0. The van der Waals surface area contributed by atoms with Crippen LogP contribution in [-0.4, -0.2) is 26.3 Å². The first kappa shape index (κ1) is 20.1. The molecule has 2 heterocycles. The number of ether oxygens (including phenoxy) is 2. The van der Waals surface area contributed by atoms with Crippen LogP contribution in [0.5, 0.6) is 11.5 Å². The number of aromatic nitrogens is 3. The number of fused-ring (bicyclic) bond motifs is 1. The maximum Gasteiger partial charge on any atom is 0.197 e. The fourth-order valence-electron chi connectivity index (χ4n) is 3.28. The number of hydrogen-bond donors (Lipinski definition) is 1. The lowest BCUT2D eigenvalue weighted by Gasteiger charge is -2.13. The zero-order valence-electron chi connectivity index (χ0n) is 16.9. The lowest BCUT2D eigenvalue weighted by atomic mass is 10.1. The Bertz CT molecular complexity index is 1180. The molecule has 154 valence electrons. The van der Waals surface area contributed by atoms with E-state index in [-0.39, 0.29) is 5.75 Å². The van der Waals surface area contributed by atoms with Crippen molar-refractivity contribution in [3.05, 3.63) is 77.6 Å². The number of benzene rings is 2. The van der Waals surface area contributed by atoms with E-state index in [9.17, 15) is 4.21 Å². The largest absolute Gasteiger partial charge is 0.497 e. The summed E-state index contributed by atoms with van der Waals surface area (Å²) in [5, 5.41) is 0.428.